The van der Waals surface area contributed by atoms with Crippen molar-refractivity contribution >= 4 is 28.7 Å². The number of aromatic amines is 1. The lowest BCUT2D eigenvalue weighted by molar-refractivity contribution is -0.139. The summed E-state index contributed by atoms with van der Waals surface area (Å²) in [4.78, 5) is 53.9. The lowest BCUT2D eigenvalue weighted by Gasteiger charge is -2.22. The van der Waals surface area contributed by atoms with Gasteiger partial charge in [-0.15, -0.1) is 0 Å². The van der Waals surface area contributed by atoms with Crippen molar-refractivity contribution < 1.29 is 19.4 Å². The molecule has 0 saturated heterocycles. The number of amides is 1. The number of benzene rings is 2. The van der Waals surface area contributed by atoms with Crippen molar-refractivity contribution in [3.05, 3.63) is 68.9 Å². The molecule has 34 heavy (non-hydrogen) atoms. The third kappa shape index (κ3) is 5.64. The van der Waals surface area contributed by atoms with Crippen LogP contribution in [0.4, 0.5) is 10.5 Å². The van der Waals surface area contributed by atoms with Gasteiger partial charge < -0.3 is 25.0 Å². The Bertz CT molecular complexity index is 1330. The largest absolute Gasteiger partial charge is 0.480 e. The van der Waals surface area contributed by atoms with Crippen molar-refractivity contribution in [2.75, 3.05) is 19.0 Å². The van der Waals surface area contributed by atoms with Crippen molar-refractivity contribution in [1.82, 2.24) is 14.9 Å². The summed E-state index contributed by atoms with van der Waals surface area (Å²) in [5, 5.41) is 12.2. The van der Waals surface area contributed by atoms with Crippen molar-refractivity contribution in [1.29, 1.82) is 0 Å². The number of hydrogen-bond acceptors (Lipinski definition) is 6. The first-order valence-electron chi connectivity index (χ1n) is 10.6. The van der Waals surface area contributed by atoms with Gasteiger partial charge in [0.25, 0.3) is 5.56 Å². The van der Waals surface area contributed by atoms with Gasteiger partial charge in [-0.1, -0.05) is 12.1 Å². The smallest absolute Gasteiger partial charge is 0.408 e. The number of nitrogens with one attached hydrogen (secondary N) is 2. The van der Waals surface area contributed by atoms with E-state index in [-0.39, 0.29) is 6.42 Å². The fraction of sp³-hybridized carbons (Fsp3) is 0.333. The van der Waals surface area contributed by atoms with Gasteiger partial charge in [-0.25, -0.2) is 19.0 Å². The topological polar surface area (TPSA) is 134 Å². The number of hydrogen-bond donors (Lipinski definition) is 3. The molecule has 1 amide bonds. The Balaban J connectivity index is 1.89. The molecular weight excluding hydrogens is 440 g/mol. The van der Waals surface area contributed by atoms with Crippen LogP contribution in [0.15, 0.2) is 52.1 Å². The summed E-state index contributed by atoms with van der Waals surface area (Å²) in [7, 11) is 3.71. The number of rotatable bonds is 6. The fourth-order valence-electron chi connectivity index (χ4n) is 3.38. The molecule has 3 N–H and O–H groups in total. The number of carboxylic acids is 1. The molecule has 180 valence electrons. The number of H-pyrrole nitrogens is 1. The second kappa shape index (κ2) is 9.42. The highest BCUT2D eigenvalue weighted by Gasteiger charge is 2.24. The van der Waals surface area contributed by atoms with Gasteiger partial charge in [0.1, 0.15) is 11.6 Å². The summed E-state index contributed by atoms with van der Waals surface area (Å²) in [5.41, 5.74) is 0.360. The van der Waals surface area contributed by atoms with Crippen LogP contribution < -0.4 is 21.5 Å². The van der Waals surface area contributed by atoms with E-state index in [1.807, 2.05) is 19.0 Å². The number of carbonyl (C=O) groups excluding carboxylic acids is 1. The van der Waals surface area contributed by atoms with Crippen LogP contribution in [0.3, 0.4) is 0 Å². The number of fused-ring (bicyclic) bond motifs is 1. The number of aromatic nitrogens is 2. The van der Waals surface area contributed by atoms with Crippen LogP contribution >= 0.6 is 0 Å². The van der Waals surface area contributed by atoms with Gasteiger partial charge in [0, 0.05) is 26.2 Å². The van der Waals surface area contributed by atoms with E-state index in [9.17, 15) is 24.3 Å². The quantitative estimate of drug-likeness (QED) is 0.505. The van der Waals surface area contributed by atoms with Gasteiger partial charge in [-0.05, 0) is 56.7 Å². The maximum absolute atomic E-state index is 13.1. The molecule has 0 aliphatic carbocycles. The molecule has 10 heteroatoms. The SMILES string of the molecule is CN(C)c1ccc2[nH]c(=O)n(-c3ccc(C[C@H](NC(=O)OC(C)(C)C)C(=O)O)cc3)c(=O)c2c1. The molecule has 0 bridgehead atoms. The average molecular weight is 469 g/mol. The van der Waals surface area contributed by atoms with Gasteiger partial charge in [0.15, 0.2) is 0 Å². The summed E-state index contributed by atoms with van der Waals surface area (Å²) in [5.74, 6) is -1.21. The Morgan fingerprint density at radius 3 is 2.32 bits per heavy atom. The van der Waals surface area contributed by atoms with E-state index < -0.39 is 35.0 Å². The van der Waals surface area contributed by atoms with Crippen molar-refractivity contribution in [3.63, 3.8) is 0 Å². The molecule has 3 rings (SSSR count). The zero-order valence-electron chi connectivity index (χ0n) is 19.7. The molecule has 0 fully saturated rings. The number of carbonyl (C=O) groups is 2. The van der Waals surface area contributed by atoms with Gasteiger partial charge in [-0.3, -0.25) is 4.79 Å². The molecule has 1 aromatic heterocycles. The number of anilines is 1. The molecule has 0 unspecified atom stereocenters. The van der Waals surface area contributed by atoms with Crippen molar-refractivity contribution in [2.24, 2.45) is 0 Å². The molecule has 1 atom stereocenters. The van der Waals surface area contributed by atoms with Crippen LogP contribution in [-0.2, 0) is 16.0 Å². The number of alkyl carbamates (subject to hydrolysis) is 1. The first-order chi connectivity index (χ1) is 15.9. The zero-order chi connectivity index (χ0) is 25.2. The number of carboxylic acid groups (broad SMARTS) is 1. The lowest BCUT2D eigenvalue weighted by Crippen LogP contribution is -2.44. The van der Waals surface area contributed by atoms with Crippen LogP contribution in [0.25, 0.3) is 16.6 Å². The van der Waals surface area contributed by atoms with E-state index in [1.54, 1.807) is 63.2 Å². The van der Waals surface area contributed by atoms with Crippen molar-refractivity contribution in [3.8, 4) is 5.69 Å². The third-order valence-electron chi connectivity index (χ3n) is 5.02. The second-order valence-corrected chi connectivity index (χ2v) is 9.10. The summed E-state index contributed by atoms with van der Waals surface area (Å²) < 4.78 is 6.15. The van der Waals surface area contributed by atoms with E-state index in [2.05, 4.69) is 10.3 Å². The molecule has 0 aliphatic heterocycles. The molecule has 0 aliphatic rings. The summed E-state index contributed by atoms with van der Waals surface area (Å²) in [6.45, 7) is 5.04. The number of ether oxygens (including phenoxy) is 1. The molecule has 0 spiro atoms. The van der Waals surface area contributed by atoms with E-state index >= 15 is 0 Å². The number of nitrogens with zero attached hydrogens (tertiary/aromatic N) is 2. The average Bonchev–Trinajstić information content (AvgIpc) is 2.72. The van der Waals surface area contributed by atoms with Gasteiger partial charge >= 0.3 is 17.8 Å². The monoisotopic (exact) mass is 468 g/mol. The minimum atomic E-state index is -1.21. The Morgan fingerprint density at radius 1 is 1.12 bits per heavy atom. The molecule has 2 aromatic carbocycles. The minimum absolute atomic E-state index is 0.00989. The highest BCUT2D eigenvalue weighted by Crippen LogP contribution is 2.17. The van der Waals surface area contributed by atoms with Crippen LogP contribution in [0.2, 0.25) is 0 Å². The first-order valence-corrected chi connectivity index (χ1v) is 10.6. The Hall–Kier alpha value is -4.08. The molecule has 10 nitrogen and oxygen atoms in total. The van der Waals surface area contributed by atoms with Crippen LogP contribution in [0, 0.1) is 0 Å². The molecular formula is C24H28N4O6. The summed E-state index contributed by atoms with van der Waals surface area (Å²) >= 11 is 0. The second-order valence-electron chi connectivity index (χ2n) is 9.10. The zero-order valence-corrected chi connectivity index (χ0v) is 19.7. The van der Waals surface area contributed by atoms with Crippen LogP contribution in [0.1, 0.15) is 26.3 Å². The molecule has 3 aromatic rings. The maximum atomic E-state index is 13.1. The Kier molecular flexibility index (Phi) is 6.80. The normalized spacial score (nSPS) is 12.3. The standard InChI is InChI=1S/C24H28N4O6/c1-24(2,3)34-23(33)26-19(21(30)31)12-14-6-8-15(9-7-14)28-20(29)17-13-16(27(4)5)10-11-18(17)25-22(28)32/h6-11,13,19H,12H2,1-5H3,(H,25,32)(H,26,33)(H,30,31)/t19-/m0/s1. The van der Waals surface area contributed by atoms with E-state index in [4.69, 9.17) is 4.74 Å². The lowest BCUT2D eigenvalue weighted by atomic mass is 10.1. The van der Waals surface area contributed by atoms with E-state index in [0.717, 1.165) is 10.3 Å². The fourth-order valence-corrected chi connectivity index (χ4v) is 3.38. The Morgan fingerprint density at radius 2 is 1.76 bits per heavy atom. The van der Waals surface area contributed by atoms with E-state index in [1.165, 1.54) is 0 Å². The van der Waals surface area contributed by atoms with E-state index in [0.29, 0.717) is 22.2 Å². The predicted octanol–water partition coefficient (Wildman–Crippen LogP) is 2.27. The maximum Gasteiger partial charge on any atom is 0.408 e. The first kappa shape index (κ1) is 24.6. The minimum Gasteiger partial charge on any atom is -0.480 e. The third-order valence-corrected chi connectivity index (χ3v) is 5.02. The van der Waals surface area contributed by atoms with Gasteiger partial charge in [-0.2, -0.15) is 0 Å². The molecule has 0 saturated carbocycles. The molecule has 0 radical (unpaired) electrons. The predicted molar refractivity (Wildman–Crippen MR) is 129 cm³/mol. The number of aliphatic carboxylic acids is 1. The van der Waals surface area contributed by atoms with Gasteiger partial charge in [0.05, 0.1) is 16.6 Å². The highest BCUT2D eigenvalue weighted by atomic mass is 16.6. The summed E-state index contributed by atoms with van der Waals surface area (Å²) in [6.07, 6.45) is -0.841. The van der Waals surface area contributed by atoms with Gasteiger partial charge in [0.2, 0.25) is 0 Å². The highest BCUT2D eigenvalue weighted by molar-refractivity contribution is 5.82. The molecule has 1 heterocycles. The van der Waals surface area contributed by atoms with Crippen molar-refractivity contribution in [2.45, 2.75) is 38.8 Å². The van der Waals surface area contributed by atoms with Crippen LogP contribution in [-0.4, -0.2) is 52.5 Å². The summed E-state index contributed by atoms with van der Waals surface area (Å²) in [6, 6.07) is 10.3. The Labute approximate surface area is 195 Å². The van der Waals surface area contributed by atoms with Crippen LogP contribution in [0.5, 0.6) is 0 Å².